The Morgan fingerprint density at radius 3 is 2.69 bits per heavy atom. The molecule has 1 unspecified atom stereocenters. The maximum absolute atomic E-state index is 15.0. The van der Waals surface area contributed by atoms with Crippen LogP contribution < -0.4 is 9.47 Å². The van der Waals surface area contributed by atoms with Crippen molar-refractivity contribution in [2.75, 3.05) is 20.2 Å². The fourth-order valence-corrected chi connectivity index (χ4v) is 6.72. The molecule has 3 atom stereocenters. The zero-order valence-electron chi connectivity index (χ0n) is 24.3. The summed E-state index contributed by atoms with van der Waals surface area (Å²) in [4.78, 5) is 18.1. The van der Waals surface area contributed by atoms with Crippen LogP contribution in [0.5, 0.6) is 11.6 Å². The summed E-state index contributed by atoms with van der Waals surface area (Å²) in [5, 5.41) is 19.2. The molecule has 42 heavy (non-hydrogen) atoms. The maximum Gasteiger partial charge on any atom is 0.306 e. The Labute approximate surface area is 245 Å². The SMILES string of the molecule is COc1cc(-c2ccc(C3CCc4ccc([C@H](C5CC5)[C@H](C)C(=O)O)cc4O3)cc2CN2CC(C)(C#N)C2)c(F)cn1. The molecule has 0 radical (unpaired) electrons. The van der Waals surface area contributed by atoms with Crippen molar-refractivity contribution in [2.45, 2.75) is 58.1 Å². The first kappa shape index (κ1) is 28.2. The number of halogens is 1. The lowest BCUT2D eigenvalue weighted by Gasteiger charge is -2.43. The number of benzene rings is 2. The lowest BCUT2D eigenvalue weighted by molar-refractivity contribution is -0.142. The molecule has 2 aromatic carbocycles. The van der Waals surface area contributed by atoms with E-state index in [0.29, 0.717) is 37.0 Å². The van der Waals surface area contributed by atoms with E-state index in [1.54, 1.807) is 13.0 Å². The number of carbonyl (C=O) groups is 1. The fourth-order valence-electron chi connectivity index (χ4n) is 6.72. The quantitative estimate of drug-likeness (QED) is 0.313. The van der Waals surface area contributed by atoms with Crippen LogP contribution >= 0.6 is 0 Å². The van der Waals surface area contributed by atoms with Crippen LogP contribution in [0.25, 0.3) is 11.1 Å². The van der Waals surface area contributed by atoms with Crippen LogP contribution in [0.15, 0.2) is 48.7 Å². The fraction of sp³-hybridized carbons (Fsp3) is 0.441. The molecule has 3 aliphatic rings. The van der Waals surface area contributed by atoms with Crippen molar-refractivity contribution < 1.29 is 23.8 Å². The molecule has 0 amide bonds. The van der Waals surface area contributed by atoms with E-state index in [1.165, 1.54) is 13.3 Å². The molecule has 0 bridgehead atoms. The molecule has 1 aromatic heterocycles. The number of aryl methyl sites for hydroxylation is 1. The highest BCUT2D eigenvalue weighted by molar-refractivity contribution is 5.71. The minimum absolute atomic E-state index is 0.0227. The van der Waals surface area contributed by atoms with Crippen LogP contribution in [0.4, 0.5) is 4.39 Å². The van der Waals surface area contributed by atoms with Crippen molar-refractivity contribution in [1.82, 2.24) is 9.88 Å². The van der Waals surface area contributed by atoms with E-state index in [0.717, 1.165) is 59.3 Å². The number of nitrogens with zero attached hydrogens (tertiary/aromatic N) is 3. The summed E-state index contributed by atoms with van der Waals surface area (Å²) < 4.78 is 26.9. The number of rotatable bonds is 9. The largest absolute Gasteiger partial charge is 0.485 e. The van der Waals surface area contributed by atoms with E-state index < -0.39 is 17.7 Å². The first-order valence-corrected chi connectivity index (χ1v) is 14.7. The van der Waals surface area contributed by atoms with Gasteiger partial charge in [0.05, 0.1) is 30.7 Å². The molecule has 1 aliphatic carbocycles. The second-order valence-corrected chi connectivity index (χ2v) is 12.4. The van der Waals surface area contributed by atoms with Gasteiger partial charge in [-0.25, -0.2) is 9.37 Å². The monoisotopic (exact) mass is 569 g/mol. The van der Waals surface area contributed by atoms with Gasteiger partial charge in [-0.1, -0.05) is 37.3 Å². The van der Waals surface area contributed by atoms with Crippen LogP contribution in [-0.4, -0.2) is 41.2 Å². The summed E-state index contributed by atoms with van der Waals surface area (Å²) >= 11 is 0. The second-order valence-electron chi connectivity index (χ2n) is 12.4. The first-order chi connectivity index (χ1) is 20.2. The van der Waals surface area contributed by atoms with Crippen molar-refractivity contribution in [1.29, 1.82) is 5.26 Å². The van der Waals surface area contributed by atoms with Gasteiger partial charge in [0.25, 0.3) is 0 Å². The van der Waals surface area contributed by atoms with Crippen molar-refractivity contribution in [3.05, 3.63) is 76.7 Å². The Bertz CT molecular complexity index is 1560. The number of likely N-dealkylation sites (tertiary alicyclic amines) is 1. The Balaban J connectivity index is 1.31. The van der Waals surface area contributed by atoms with Gasteiger partial charge in [-0.05, 0) is 78.3 Å². The highest BCUT2D eigenvalue weighted by Crippen LogP contribution is 2.48. The normalized spacial score (nSPS) is 20.8. The summed E-state index contributed by atoms with van der Waals surface area (Å²) in [5.41, 5.74) is 4.93. The summed E-state index contributed by atoms with van der Waals surface area (Å²) in [6, 6.07) is 16.3. The van der Waals surface area contributed by atoms with Crippen LogP contribution in [0.1, 0.15) is 67.4 Å². The third kappa shape index (κ3) is 5.46. The van der Waals surface area contributed by atoms with Gasteiger partial charge in [-0.15, -0.1) is 0 Å². The van der Waals surface area contributed by atoms with E-state index in [9.17, 15) is 15.2 Å². The molecule has 6 rings (SSSR count). The van der Waals surface area contributed by atoms with E-state index in [4.69, 9.17) is 9.47 Å². The van der Waals surface area contributed by atoms with Crippen molar-refractivity contribution in [3.63, 3.8) is 0 Å². The van der Waals surface area contributed by atoms with Gasteiger partial charge in [0, 0.05) is 31.3 Å². The van der Waals surface area contributed by atoms with Gasteiger partial charge in [0.1, 0.15) is 17.7 Å². The average Bonchev–Trinajstić information content (AvgIpc) is 3.81. The van der Waals surface area contributed by atoms with Crippen LogP contribution in [0.2, 0.25) is 0 Å². The number of aliphatic carboxylic acids is 1. The van der Waals surface area contributed by atoms with Crippen molar-refractivity contribution >= 4 is 5.97 Å². The van der Waals surface area contributed by atoms with Crippen LogP contribution in [-0.2, 0) is 17.8 Å². The number of hydrogen-bond acceptors (Lipinski definition) is 6. The number of ether oxygens (including phenoxy) is 2. The third-order valence-corrected chi connectivity index (χ3v) is 9.12. The number of nitriles is 1. The molecule has 218 valence electrons. The number of fused-ring (bicyclic) bond motifs is 1. The highest BCUT2D eigenvalue weighted by Gasteiger charge is 2.40. The summed E-state index contributed by atoms with van der Waals surface area (Å²) in [5.74, 6) is -0.113. The van der Waals surface area contributed by atoms with E-state index in [-0.39, 0.29) is 17.4 Å². The Morgan fingerprint density at radius 2 is 2.00 bits per heavy atom. The van der Waals surface area contributed by atoms with E-state index in [2.05, 4.69) is 40.2 Å². The van der Waals surface area contributed by atoms with Gasteiger partial charge in [-0.3, -0.25) is 9.69 Å². The summed E-state index contributed by atoms with van der Waals surface area (Å²) in [6.07, 6.45) is 4.77. The number of methoxy groups -OCH3 is 1. The van der Waals surface area contributed by atoms with Crippen LogP contribution in [0, 0.1) is 34.4 Å². The third-order valence-electron chi connectivity index (χ3n) is 9.12. The molecule has 7 nitrogen and oxygen atoms in total. The standard InChI is InChI=1S/C34H36FN3O4/c1-20(33(39)40)32(22-5-6-22)24-7-4-21-9-11-29(42-30(21)13-24)23-8-10-26(27-14-31(41-3)37-15-28(27)35)25(12-23)16-38-18-34(2,17-36)19-38/h4,7-8,10,12-15,20,22,29,32H,5-6,9,11,16,18-19H2,1-3H3,(H,39,40)/t20-,29?,32-/m0/s1. The minimum atomic E-state index is -0.767. The highest BCUT2D eigenvalue weighted by atomic mass is 19.1. The predicted molar refractivity (Wildman–Crippen MR) is 156 cm³/mol. The number of aromatic nitrogens is 1. The molecule has 1 saturated heterocycles. The summed E-state index contributed by atoms with van der Waals surface area (Å²) in [7, 11) is 1.51. The molecule has 1 N–H and O–H groups in total. The summed E-state index contributed by atoms with van der Waals surface area (Å²) in [6.45, 7) is 5.65. The lowest BCUT2D eigenvalue weighted by Crippen LogP contribution is -2.53. The molecule has 2 fully saturated rings. The molecular weight excluding hydrogens is 533 g/mol. The van der Waals surface area contributed by atoms with E-state index >= 15 is 4.39 Å². The molecule has 3 aromatic rings. The number of carboxylic acids is 1. The molecule has 1 saturated carbocycles. The van der Waals surface area contributed by atoms with Gasteiger partial charge in [-0.2, -0.15) is 5.26 Å². The molecule has 0 spiro atoms. The molecule has 3 heterocycles. The lowest BCUT2D eigenvalue weighted by atomic mass is 9.82. The molecule has 2 aliphatic heterocycles. The molecular formula is C34H36FN3O4. The Morgan fingerprint density at radius 1 is 1.21 bits per heavy atom. The van der Waals surface area contributed by atoms with Gasteiger partial charge in [0.2, 0.25) is 5.88 Å². The second kappa shape index (κ2) is 11.0. The molecule has 8 heteroatoms. The minimum Gasteiger partial charge on any atom is -0.485 e. The zero-order chi connectivity index (χ0) is 29.6. The maximum atomic E-state index is 15.0. The number of pyridine rings is 1. The van der Waals surface area contributed by atoms with Gasteiger partial charge >= 0.3 is 5.97 Å². The number of hydrogen-bond donors (Lipinski definition) is 1. The van der Waals surface area contributed by atoms with E-state index in [1.807, 2.05) is 19.1 Å². The van der Waals surface area contributed by atoms with Crippen molar-refractivity contribution in [2.24, 2.45) is 17.3 Å². The van der Waals surface area contributed by atoms with Gasteiger partial charge in [0.15, 0.2) is 0 Å². The van der Waals surface area contributed by atoms with Crippen LogP contribution in [0.3, 0.4) is 0 Å². The Hall–Kier alpha value is -3.96. The average molecular weight is 570 g/mol. The smallest absolute Gasteiger partial charge is 0.306 e. The zero-order valence-corrected chi connectivity index (χ0v) is 24.3. The first-order valence-electron chi connectivity index (χ1n) is 14.7. The van der Waals surface area contributed by atoms with Gasteiger partial charge < -0.3 is 14.6 Å². The van der Waals surface area contributed by atoms with Crippen molar-refractivity contribution in [3.8, 4) is 28.8 Å². The number of carboxylic acid groups (broad SMARTS) is 1. The predicted octanol–water partition coefficient (Wildman–Crippen LogP) is 6.52. The topological polar surface area (TPSA) is 95.7 Å². The Kier molecular flexibility index (Phi) is 7.40.